The molecule has 2 heteroatoms. The number of benzene rings is 1. The van der Waals surface area contributed by atoms with Crippen LogP contribution in [-0.4, -0.2) is 14.9 Å². The Morgan fingerprint density at radius 1 is 1.38 bits per heavy atom. The minimum atomic E-state index is 1.12. The van der Waals surface area contributed by atoms with Gasteiger partial charge in [-0.3, -0.25) is 0 Å². The molecule has 0 N–H and O–H groups in total. The SMILES string of the molecule is BBc1cc[c]cc1. The minimum absolute atomic E-state index is 1.12. The zero-order valence-corrected chi connectivity index (χ0v) is 5.02. The monoisotopic (exact) mass is 101 g/mol. The molecule has 0 bridgehead atoms. The van der Waals surface area contributed by atoms with Gasteiger partial charge in [-0.25, -0.2) is 0 Å². The molecule has 0 nitrogen and oxygen atoms in total. The highest BCUT2D eigenvalue weighted by molar-refractivity contribution is 6.97. The molecule has 1 aromatic carbocycles. The van der Waals surface area contributed by atoms with E-state index in [4.69, 9.17) is 0 Å². The summed E-state index contributed by atoms with van der Waals surface area (Å²) in [6, 6.07) is 11.0. The van der Waals surface area contributed by atoms with Crippen LogP contribution in [0.1, 0.15) is 0 Å². The molecule has 0 saturated heterocycles. The number of hydrogen-bond donors (Lipinski definition) is 0. The van der Waals surface area contributed by atoms with Crippen molar-refractivity contribution in [1.29, 1.82) is 0 Å². The lowest BCUT2D eigenvalue weighted by Gasteiger charge is -1.87. The zero-order chi connectivity index (χ0) is 5.82. The van der Waals surface area contributed by atoms with Crippen molar-refractivity contribution < 1.29 is 0 Å². The van der Waals surface area contributed by atoms with E-state index in [9.17, 15) is 0 Å². The van der Waals surface area contributed by atoms with Gasteiger partial charge in [0.1, 0.15) is 7.17 Å². The van der Waals surface area contributed by atoms with Crippen LogP contribution in [0, 0.1) is 6.07 Å². The Morgan fingerprint density at radius 3 is 2.38 bits per heavy atom. The van der Waals surface area contributed by atoms with Crippen LogP contribution in [0.3, 0.4) is 0 Å². The molecule has 0 aliphatic heterocycles. The first-order valence-electron chi connectivity index (χ1n) is 2.88. The van der Waals surface area contributed by atoms with Crippen molar-refractivity contribution in [2.75, 3.05) is 0 Å². The van der Waals surface area contributed by atoms with Crippen LogP contribution in [0.25, 0.3) is 0 Å². The van der Waals surface area contributed by atoms with Gasteiger partial charge in [0.05, 0.1) is 7.74 Å². The first kappa shape index (κ1) is 5.49. The second-order valence-electron chi connectivity index (χ2n) is 1.76. The lowest BCUT2D eigenvalue weighted by Crippen LogP contribution is -2.12. The molecule has 0 fully saturated rings. The van der Waals surface area contributed by atoms with E-state index in [1.54, 1.807) is 0 Å². The van der Waals surface area contributed by atoms with Crippen LogP contribution in [0.2, 0.25) is 0 Å². The first-order chi connectivity index (χ1) is 3.93. The molecule has 1 aromatic rings. The highest BCUT2D eigenvalue weighted by Crippen LogP contribution is 1.77. The van der Waals surface area contributed by atoms with Crippen molar-refractivity contribution in [3.8, 4) is 0 Å². The van der Waals surface area contributed by atoms with E-state index >= 15 is 0 Å². The summed E-state index contributed by atoms with van der Waals surface area (Å²) in [5, 5.41) is 0. The third-order valence-corrected chi connectivity index (χ3v) is 1.20. The fourth-order valence-corrected chi connectivity index (χ4v) is 0.657. The summed E-state index contributed by atoms with van der Waals surface area (Å²) in [4.78, 5) is 0. The van der Waals surface area contributed by atoms with Crippen LogP contribution >= 0.6 is 0 Å². The third-order valence-electron chi connectivity index (χ3n) is 1.20. The van der Waals surface area contributed by atoms with Gasteiger partial charge in [0.15, 0.2) is 0 Å². The van der Waals surface area contributed by atoms with E-state index in [0.717, 1.165) is 7.17 Å². The quantitative estimate of drug-likeness (QED) is 0.402. The van der Waals surface area contributed by atoms with Gasteiger partial charge in [0.2, 0.25) is 0 Å². The maximum atomic E-state index is 2.97. The molecule has 0 unspecified atom stereocenters. The van der Waals surface area contributed by atoms with E-state index in [1.165, 1.54) is 5.46 Å². The Balaban J connectivity index is 2.83. The van der Waals surface area contributed by atoms with Gasteiger partial charge in [-0.05, 0) is 6.07 Å². The van der Waals surface area contributed by atoms with Gasteiger partial charge >= 0.3 is 0 Å². The Bertz CT molecular complexity index is 148. The molecule has 0 amide bonds. The standard InChI is InChI=1S/C6H7B2/c7-8-6-4-2-1-3-5-6/h2-5,8H,7H2. The first-order valence-corrected chi connectivity index (χ1v) is 2.88. The van der Waals surface area contributed by atoms with Gasteiger partial charge in [0, 0.05) is 0 Å². The molecule has 1 radical (unpaired) electrons. The summed E-state index contributed by atoms with van der Waals surface area (Å²) in [7, 11) is 3.27. The average Bonchev–Trinajstić information content (AvgIpc) is 1.90. The average molecular weight is 101 g/mol. The Kier molecular flexibility index (Phi) is 1.79. The van der Waals surface area contributed by atoms with Crippen molar-refractivity contribution >= 4 is 20.4 Å². The van der Waals surface area contributed by atoms with Crippen molar-refractivity contribution in [2.24, 2.45) is 0 Å². The van der Waals surface area contributed by atoms with Crippen molar-refractivity contribution in [3.63, 3.8) is 0 Å². The fourth-order valence-electron chi connectivity index (χ4n) is 0.657. The molecule has 1 rings (SSSR count). The van der Waals surface area contributed by atoms with E-state index in [2.05, 4.69) is 25.9 Å². The molecule has 37 valence electrons. The highest BCUT2D eigenvalue weighted by atomic mass is 13.7. The van der Waals surface area contributed by atoms with Crippen LogP contribution in [0.15, 0.2) is 24.3 Å². The van der Waals surface area contributed by atoms with Crippen LogP contribution in [0.5, 0.6) is 0 Å². The summed E-state index contributed by atoms with van der Waals surface area (Å²) < 4.78 is 0. The number of rotatable bonds is 1. The van der Waals surface area contributed by atoms with E-state index in [-0.39, 0.29) is 0 Å². The second kappa shape index (κ2) is 2.61. The van der Waals surface area contributed by atoms with E-state index in [0.29, 0.717) is 0 Å². The summed E-state index contributed by atoms with van der Waals surface area (Å²) in [5.74, 6) is 0. The Labute approximate surface area is 51.6 Å². The molecule has 0 aliphatic rings. The van der Waals surface area contributed by atoms with Gasteiger partial charge in [0.25, 0.3) is 0 Å². The predicted octanol–water partition coefficient (Wildman–Crippen LogP) is -0.903. The van der Waals surface area contributed by atoms with Crippen molar-refractivity contribution in [2.45, 2.75) is 0 Å². The second-order valence-corrected chi connectivity index (χ2v) is 1.76. The smallest absolute Gasteiger partial charge is 0.0934 e. The molecule has 0 aromatic heterocycles. The molecule has 0 saturated carbocycles. The normalized spacial score (nSPS) is 8.50. The van der Waals surface area contributed by atoms with Gasteiger partial charge < -0.3 is 0 Å². The maximum Gasteiger partial charge on any atom is 0.118 e. The van der Waals surface area contributed by atoms with Crippen LogP contribution < -0.4 is 5.46 Å². The van der Waals surface area contributed by atoms with Gasteiger partial charge in [-0.2, -0.15) is 0 Å². The minimum Gasteiger partial charge on any atom is -0.0934 e. The Hall–Kier alpha value is -0.650. The summed E-state index contributed by atoms with van der Waals surface area (Å²) in [5.41, 5.74) is 1.38. The van der Waals surface area contributed by atoms with E-state index in [1.807, 2.05) is 12.1 Å². The predicted molar refractivity (Wildman–Crippen MR) is 40.6 cm³/mol. The summed E-state index contributed by atoms with van der Waals surface area (Å²) >= 11 is 0. The van der Waals surface area contributed by atoms with Crippen LogP contribution in [0.4, 0.5) is 0 Å². The number of hydrogen-bond acceptors (Lipinski definition) is 0. The zero-order valence-electron chi connectivity index (χ0n) is 5.02. The fraction of sp³-hybridized carbons (Fsp3) is 0. The lowest BCUT2D eigenvalue weighted by molar-refractivity contribution is 1.75. The molecule has 0 spiro atoms. The summed E-state index contributed by atoms with van der Waals surface area (Å²) in [6.07, 6.45) is 0. The van der Waals surface area contributed by atoms with Crippen LogP contribution in [-0.2, 0) is 0 Å². The molecule has 0 heterocycles. The topological polar surface area (TPSA) is 0 Å². The summed E-state index contributed by atoms with van der Waals surface area (Å²) in [6.45, 7) is 0. The lowest BCUT2D eigenvalue weighted by atomic mass is 9.51. The molecular weight excluding hydrogens is 93.7 g/mol. The van der Waals surface area contributed by atoms with E-state index < -0.39 is 0 Å². The molecule has 8 heavy (non-hydrogen) atoms. The molecule has 0 aliphatic carbocycles. The maximum absolute atomic E-state index is 2.97. The van der Waals surface area contributed by atoms with Gasteiger partial charge in [-0.1, -0.05) is 29.7 Å². The van der Waals surface area contributed by atoms with Crippen molar-refractivity contribution in [3.05, 3.63) is 30.3 Å². The third kappa shape index (κ3) is 1.16. The van der Waals surface area contributed by atoms with Crippen molar-refractivity contribution in [1.82, 2.24) is 0 Å². The Morgan fingerprint density at radius 2 is 2.00 bits per heavy atom. The highest BCUT2D eigenvalue weighted by Gasteiger charge is 1.82. The largest absolute Gasteiger partial charge is 0.118 e. The molecular formula is C6H7B2. The van der Waals surface area contributed by atoms with Gasteiger partial charge in [-0.15, -0.1) is 0 Å². The molecule has 0 atom stereocenters.